The third kappa shape index (κ3) is 5.52. The lowest BCUT2D eigenvalue weighted by molar-refractivity contribution is -0.274. The standard InChI is InChI=1S/C22H19F3N4O5/c23-22(24,25)34-16-5-3-15(4-6-16)26-21(33)28-19(31)12-1-2-13-10-29(11-14(13)9-12)17-7-8-18(30)27-20(17)32/h1-6,9,17H,7-8,10-11H2,(H,27,30,32)(H2,26,28,31,33). The van der Waals surface area contributed by atoms with E-state index in [-0.39, 0.29) is 29.5 Å². The predicted molar refractivity (Wildman–Crippen MR) is 111 cm³/mol. The molecule has 34 heavy (non-hydrogen) atoms. The molecular weight excluding hydrogens is 457 g/mol. The number of carbonyl (C=O) groups excluding carboxylic acids is 4. The highest BCUT2D eigenvalue weighted by Gasteiger charge is 2.35. The number of hydrogen-bond donors (Lipinski definition) is 3. The van der Waals surface area contributed by atoms with Crippen LogP contribution in [0.5, 0.6) is 5.75 Å². The van der Waals surface area contributed by atoms with E-state index >= 15 is 0 Å². The second-order valence-electron chi connectivity index (χ2n) is 7.84. The minimum Gasteiger partial charge on any atom is -0.406 e. The van der Waals surface area contributed by atoms with Crippen LogP contribution in [0.3, 0.4) is 0 Å². The van der Waals surface area contributed by atoms with Crippen LogP contribution >= 0.6 is 0 Å². The average molecular weight is 476 g/mol. The number of ether oxygens (including phenoxy) is 1. The molecule has 2 heterocycles. The van der Waals surface area contributed by atoms with Crippen molar-refractivity contribution in [3.63, 3.8) is 0 Å². The van der Waals surface area contributed by atoms with Crippen molar-refractivity contribution in [2.75, 3.05) is 5.32 Å². The Morgan fingerprint density at radius 3 is 2.41 bits per heavy atom. The Labute approximate surface area is 191 Å². The SMILES string of the molecule is O=C1CCC(N2Cc3ccc(C(=O)NC(=O)Nc4ccc(OC(F)(F)F)cc4)cc3C2)C(=O)N1. The number of nitrogens with zero attached hydrogens (tertiary/aromatic N) is 1. The van der Waals surface area contributed by atoms with E-state index < -0.39 is 30.1 Å². The molecule has 0 bridgehead atoms. The minimum atomic E-state index is -4.83. The summed E-state index contributed by atoms with van der Waals surface area (Å²) in [4.78, 5) is 50.0. The van der Waals surface area contributed by atoms with Crippen molar-refractivity contribution in [3.8, 4) is 5.75 Å². The van der Waals surface area contributed by atoms with Crippen molar-refractivity contribution >= 4 is 29.4 Å². The van der Waals surface area contributed by atoms with Gasteiger partial charge in [0.15, 0.2) is 0 Å². The van der Waals surface area contributed by atoms with Crippen molar-refractivity contribution < 1.29 is 37.1 Å². The number of halogens is 3. The molecule has 9 nitrogen and oxygen atoms in total. The Hall–Kier alpha value is -3.93. The molecule has 0 saturated carbocycles. The average Bonchev–Trinajstić information content (AvgIpc) is 3.17. The molecule has 0 spiro atoms. The van der Waals surface area contributed by atoms with Crippen LogP contribution in [0.25, 0.3) is 0 Å². The smallest absolute Gasteiger partial charge is 0.406 e. The molecule has 1 atom stereocenters. The van der Waals surface area contributed by atoms with E-state index in [1.807, 2.05) is 4.90 Å². The second kappa shape index (κ2) is 9.14. The van der Waals surface area contributed by atoms with Crippen molar-refractivity contribution in [1.29, 1.82) is 0 Å². The highest BCUT2D eigenvalue weighted by atomic mass is 19.4. The summed E-state index contributed by atoms with van der Waals surface area (Å²) in [6.45, 7) is 0.916. The maximum Gasteiger partial charge on any atom is 0.573 e. The number of alkyl halides is 3. The first kappa shape index (κ1) is 23.2. The van der Waals surface area contributed by atoms with Gasteiger partial charge in [-0.05, 0) is 53.9 Å². The van der Waals surface area contributed by atoms with Crippen LogP contribution in [-0.2, 0) is 22.7 Å². The zero-order valence-corrected chi connectivity index (χ0v) is 17.6. The molecular formula is C22H19F3N4O5. The van der Waals surface area contributed by atoms with E-state index in [0.29, 0.717) is 19.5 Å². The topological polar surface area (TPSA) is 117 Å². The number of anilines is 1. The highest BCUT2D eigenvalue weighted by molar-refractivity contribution is 6.08. The van der Waals surface area contributed by atoms with E-state index in [9.17, 15) is 32.3 Å². The molecule has 2 aromatic carbocycles. The number of carbonyl (C=O) groups is 4. The van der Waals surface area contributed by atoms with Crippen LogP contribution in [0.15, 0.2) is 42.5 Å². The highest BCUT2D eigenvalue weighted by Crippen LogP contribution is 2.28. The van der Waals surface area contributed by atoms with Crippen LogP contribution in [0.4, 0.5) is 23.7 Å². The molecule has 4 rings (SSSR count). The summed E-state index contributed by atoms with van der Waals surface area (Å²) in [5.74, 6) is -1.74. The Morgan fingerprint density at radius 1 is 1.03 bits per heavy atom. The zero-order valence-electron chi connectivity index (χ0n) is 17.6. The van der Waals surface area contributed by atoms with Gasteiger partial charge in [-0.25, -0.2) is 4.79 Å². The fraction of sp³-hybridized carbons (Fsp3) is 0.273. The Morgan fingerprint density at radius 2 is 1.74 bits per heavy atom. The summed E-state index contributed by atoms with van der Waals surface area (Å²) >= 11 is 0. The largest absolute Gasteiger partial charge is 0.573 e. The molecule has 12 heteroatoms. The molecule has 2 aliphatic rings. The van der Waals surface area contributed by atoms with Gasteiger partial charge < -0.3 is 10.1 Å². The van der Waals surface area contributed by atoms with Crippen LogP contribution in [-0.4, -0.2) is 41.1 Å². The van der Waals surface area contributed by atoms with Gasteiger partial charge in [-0.2, -0.15) is 0 Å². The monoisotopic (exact) mass is 476 g/mol. The first-order valence-electron chi connectivity index (χ1n) is 10.2. The number of imide groups is 2. The van der Waals surface area contributed by atoms with Gasteiger partial charge in [0.2, 0.25) is 11.8 Å². The quantitative estimate of drug-likeness (QED) is 0.585. The van der Waals surface area contributed by atoms with Crippen LogP contribution < -0.4 is 20.7 Å². The van der Waals surface area contributed by atoms with E-state index in [1.165, 1.54) is 12.1 Å². The lowest BCUT2D eigenvalue weighted by atomic mass is 10.0. The van der Waals surface area contributed by atoms with Crippen LogP contribution in [0.1, 0.15) is 34.3 Å². The number of hydrogen-bond acceptors (Lipinski definition) is 6. The Kier molecular flexibility index (Phi) is 6.24. The number of fused-ring (bicyclic) bond motifs is 1. The molecule has 1 fully saturated rings. The Bertz CT molecular complexity index is 1150. The fourth-order valence-electron chi connectivity index (χ4n) is 3.89. The third-order valence-corrected chi connectivity index (χ3v) is 5.44. The summed E-state index contributed by atoms with van der Waals surface area (Å²) in [7, 11) is 0. The number of nitrogens with one attached hydrogen (secondary N) is 3. The van der Waals surface area contributed by atoms with Crippen LogP contribution in [0.2, 0.25) is 0 Å². The van der Waals surface area contributed by atoms with Gasteiger partial charge in [0, 0.05) is 30.8 Å². The molecule has 1 unspecified atom stereocenters. The van der Waals surface area contributed by atoms with E-state index in [0.717, 1.165) is 23.3 Å². The summed E-state index contributed by atoms with van der Waals surface area (Å²) in [5, 5.41) is 6.85. The number of urea groups is 1. The molecule has 178 valence electrons. The summed E-state index contributed by atoms with van der Waals surface area (Å²) in [6.07, 6.45) is -4.13. The minimum absolute atomic E-state index is 0.161. The summed E-state index contributed by atoms with van der Waals surface area (Å²) in [5.41, 5.74) is 2.16. The zero-order chi connectivity index (χ0) is 24.5. The normalized spacial score (nSPS) is 18.1. The first-order valence-corrected chi connectivity index (χ1v) is 10.2. The third-order valence-electron chi connectivity index (χ3n) is 5.44. The molecule has 0 aliphatic carbocycles. The Balaban J connectivity index is 1.34. The van der Waals surface area contributed by atoms with Crippen molar-refractivity contribution in [3.05, 3.63) is 59.2 Å². The first-order chi connectivity index (χ1) is 16.1. The van der Waals surface area contributed by atoms with Gasteiger partial charge in [-0.1, -0.05) is 6.07 Å². The van der Waals surface area contributed by atoms with Gasteiger partial charge >= 0.3 is 12.4 Å². The van der Waals surface area contributed by atoms with Gasteiger partial charge in [0.25, 0.3) is 5.91 Å². The fourth-order valence-corrected chi connectivity index (χ4v) is 3.89. The predicted octanol–water partition coefficient (Wildman–Crippen LogP) is 2.67. The maximum atomic E-state index is 12.5. The van der Waals surface area contributed by atoms with Gasteiger partial charge in [0.05, 0.1) is 6.04 Å². The van der Waals surface area contributed by atoms with Gasteiger partial charge in [-0.15, -0.1) is 13.2 Å². The molecule has 2 aromatic rings. The van der Waals surface area contributed by atoms with E-state index in [4.69, 9.17) is 0 Å². The lowest BCUT2D eigenvalue weighted by Gasteiger charge is -2.29. The van der Waals surface area contributed by atoms with Gasteiger partial charge in [-0.3, -0.25) is 29.9 Å². The molecule has 5 amide bonds. The molecule has 3 N–H and O–H groups in total. The number of amides is 5. The van der Waals surface area contributed by atoms with E-state index in [2.05, 4.69) is 20.7 Å². The molecule has 2 aliphatic heterocycles. The van der Waals surface area contributed by atoms with Crippen LogP contribution in [0, 0.1) is 0 Å². The van der Waals surface area contributed by atoms with Crippen molar-refractivity contribution in [2.24, 2.45) is 0 Å². The summed E-state index contributed by atoms with van der Waals surface area (Å²) in [6, 6.07) is 8.09. The number of rotatable bonds is 4. The maximum absolute atomic E-state index is 12.5. The van der Waals surface area contributed by atoms with Crippen molar-refractivity contribution in [1.82, 2.24) is 15.5 Å². The summed E-state index contributed by atoms with van der Waals surface area (Å²) < 4.78 is 40.4. The molecule has 0 radical (unpaired) electrons. The van der Waals surface area contributed by atoms with Gasteiger partial charge in [0.1, 0.15) is 5.75 Å². The van der Waals surface area contributed by atoms with E-state index in [1.54, 1.807) is 18.2 Å². The number of benzene rings is 2. The number of piperidine rings is 1. The molecule has 0 aromatic heterocycles. The second-order valence-corrected chi connectivity index (χ2v) is 7.84. The lowest BCUT2D eigenvalue weighted by Crippen LogP contribution is -2.50. The van der Waals surface area contributed by atoms with Crippen molar-refractivity contribution in [2.45, 2.75) is 38.3 Å². The molecule has 1 saturated heterocycles.